The Morgan fingerprint density at radius 1 is 1.08 bits per heavy atom. The van der Waals surface area contributed by atoms with Gasteiger partial charge in [-0.25, -0.2) is 18.5 Å². The molecule has 1 heterocycles. The van der Waals surface area contributed by atoms with Crippen molar-refractivity contribution in [3.63, 3.8) is 0 Å². The van der Waals surface area contributed by atoms with Gasteiger partial charge >= 0.3 is 0 Å². The fourth-order valence-electron chi connectivity index (χ4n) is 2.34. The molecule has 0 saturated carbocycles. The number of hydrogen-bond donors (Lipinski definition) is 3. The fraction of sp³-hybridized carbons (Fsp3) is 0.0588. The van der Waals surface area contributed by atoms with Gasteiger partial charge in [0.1, 0.15) is 5.82 Å². The van der Waals surface area contributed by atoms with E-state index in [0.29, 0.717) is 23.1 Å². The molecule has 134 valence electrons. The van der Waals surface area contributed by atoms with Crippen molar-refractivity contribution in [2.75, 3.05) is 23.0 Å². The zero-order valence-corrected chi connectivity index (χ0v) is 14.8. The second kappa shape index (κ2) is 6.98. The van der Waals surface area contributed by atoms with Crippen LogP contribution >= 0.6 is 0 Å². The van der Waals surface area contributed by atoms with Gasteiger partial charge in [-0.15, -0.1) is 0 Å². The van der Waals surface area contributed by atoms with Crippen LogP contribution in [0.5, 0.6) is 0 Å². The highest BCUT2D eigenvalue weighted by Gasteiger charge is 2.10. The van der Waals surface area contributed by atoms with E-state index in [0.717, 1.165) is 5.69 Å². The summed E-state index contributed by atoms with van der Waals surface area (Å²) in [5, 5.41) is 8.14. The summed E-state index contributed by atoms with van der Waals surface area (Å²) >= 11 is 0. The maximum atomic E-state index is 11.5. The van der Waals surface area contributed by atoms with E-state index in [1.165, 1.54) is 12.1 Å². The number of benzene rings is 2. The monoisotopic (exact) mass is 370 g/mol. The maximum Gasteiger partial charge on any atom is 0.238 e. The van der Waals surface area contributed by atoms with Gasteiger partial charge in [0.2, 0.25) is 16.0 Å². The number of sulfonamides is 1. The fourth-order valence-corrected chi connectivity index (χ4v) is 2.90. The number of nitrogens with zero attached hydrogens (tertiary/aromatic N) is 3. The molecule has 0 radical (unpaired) electrons. The number of primary sulfonamides is 1. The first-order valence-corrected chi connectivity index (χ1v) is 9.20. The van der Waals surface area contributed by atoms with Gasteiger partial charge in [-0.1, -0.05) is 12.1 Å². The molecule has 2 aromatic carbocycles. The van der Waals surface area contributed by atoms with E-state index in [9.17, 15) is 8.42 Å². The predicted molar refractivity (Wildman–Crippen MR) is 102 cm³/mol. The van der Waals surface area contributed by atoms with E-state index in [1.54, 1.807) is 24.4 Å². The molecular weight excluding hydrogens is 352 g/mol. The van der Waals surface area contributed by atoms with Crippen molar-refractivity contribution < 1.29 is 8.42 Å². The van der Waals surface area contributed by atoms with Gasteiger partial charge in [-0.2, -0.15) is 4.98 Å². The van der Waals surface area contributed by atoms with Gasteiger partial charge in [-0.05, 0) is 42.5 Å². The molecule has 0 aliphatic rings. The van der Waals surface area contributed by atoms with Gasteiger partial charge in [0, 0.05) is 30.3 Å². The number of anilines is 5. The average Bonchev–Trinajstić information content (AvgIpc) is 2.61. The average molecular weight is 370 g/mol. The normalized spacial score (nSPS) is 11.2. The third-order valence-electron chi connectivity index (χ3n) is 3.66. The Kier molecular flexibility index (Phi) is 4.74. The number of nitrogen functional groups attached to an aromatic ring is 1. The molecule has 1 aromatic heterocycles. The van der Waals surface area contributed by atoms with Gasteiger partial charge < -0.3 is 16.0 Å². The summed E-state index contributed by atoms with van der Waals surface area (Å²) in [6.45, 7) is 0. The van der Waals surface area contributed by atoms with Crippen molar-refractivity contribution in [3.8, 4) is 0 Å². The molecule has 0 aliphatic heterocycles. The first kappa shape index (κ1) is 17.6. The minimum Gasteiger partial charge on any atom is -0.399 e. The second-order valence-corrected chi connectivity index (χ2v) is 7.15. The lowest BCUT2D eigenvalue weighted by molar-refractivity contribution is 0.598. The highest BCUT2D eigenvalue weighted by atomic mass is 32.2. The van der Waals surface area contributed by atoms with Crippen LogP contribution in [0.15, 0.2) is 65.7 Å². The van der Waals surface area contributed by atoms with Gasteiger partial charge in [0.05, 0.1) is 4.90 Å². The van der Waals surface area contributed by atoms with Crippen LogP contribution in [-0.2, 0) is 10.0 Å². The zero-order chi connectivity index (χ0) is 18.7. The van der Waals surface area contributed by atoms with E-state index in [-0.39, 0.29) is 4.90 Å². The Bertz CT molecular complexity index is 1040. The van der Waals surface area contributed by atoms with Gasteiger partial charge in [-0.3, -0.25) is 0 Å². The van der Waals surface area contributed by atoms with Crippen molar-refractivity contribution in [1.82, 2.24) is 9.97 Å². The number of rotatable bonds is 5. The third kappa shape index (κ3) is 4.08. The lowest BCUT2D eigenvalue weighted by Gasteiger charge is -2.19. The van der Waals surface area contributed by atoms with E-state index in [2.05, 4.69) is 15.3 Å². The Labute approximate surface area is 151 Å². The molecule has 0 spiro atoms. The first-order chi connectivity index (χ1) is 12.3. The molecule has 9 heteroatoms. The van der Waals surface area contributed by atoms with Crippen LogP contribution in [0.2, 0.25) is 0 Å². The van der Waals surface area contributed by atoms with Crippen LogP contribution in [0.3, 0.4) is 0 Å². The van der Waals surface area contributed by atoms with Crippen molar-refractivity contribution in [1.29, 1.82) is 0 Å². The number of aromatic nitrogens is 2. The summed E-state index contributed by atoms with van der Waals surface area (Å²) in [6.07, 6.45) is 1.61. The molecule has 3 rings (SSSR count). The molecule has 8 nitrogen and oxygen atoms in total. The quantitative estimate of drug-likeness (QED) is 0.588. The van der Waals surface area contributed by atoms with Crippen LogP contribution in [0, 0.1) is 0 Å². The standard InChI is InChI=1S/C17H18N6O2S/c1-23(14-6-2-4-12(18)10-14)16-8-9-20-17(22-16)21-13-5-3-7-15(11-13)26(19,24)25/h2-11H,18H2,1H3,(H2,19,24,25)(H,20,21,22). The topological polar surface area (TPSA) is 127 Å². The molecular formula is C17H18N6O2S. The van der Waals surface area contributed by atoms with E-state index >= 15 is 0 Å². The number of nitrogens with one attached hydrogen (secondary N) is 1. The van der Waals surface area contributed by atoms with Crippen LogP contribution in [0.25, 0.3) is 0 Å². The largest absolute Gasteiger partial charge is 0.399 e. The second-order valence-electron chi connectivity index (χ2n) is 5.59. The molecule has 5 N–H and O–H groups in total. The molecule has 3 aromatic rings. The molecule has 0 aliphatic carbocycles. The molecule has 0 amide bonds. The predicted octanol–water partition coefficient (Wildman–Crippen LogP) is 2.22. The van der Waals surface area contributed by atoms with E-state index in [4.69, 9.17) is 10.9 Å². The summed E-state index contributed by atoms with van der Waals surface area (Å²) < 4.78 is 22.9. The van der Waals surface area contributed by atoms with Crippen LogP contribution in [-0.4, -0.2) is 25.4 Å². The lowest BCUT2D eigenvalue weighted by atomic mass is 10.2. The summed E-state index contributed by atoms with van der Waals surface area (Å²) in [5.41, 5.74) is 7.87. The smallest absolute Gasteiger partial charge is 0.238 e. The van der Waals surface area contributed by atoms with Crippen molar-refractivity contribution in [3.05, 3.63) is 60.8 Å². The molecule has 0 fully saturated rings. The third-order valence-corrected chi connectivity index (χ3v) is 4.57. The van der Waals surface area contributed by atoms with Crippen LogP contribution in [0.1, 0.15) is 0 Å². The highest BCUT2D eigenvalue weighted by Crippen LogP contribution is 2.24. The van der Waals surface area contributed by atoms with E-state index < -0.39 is 10.0 Å². The van der Waals surface area contributed by atoms with Crippen molar-refractivity contribution in [2.24, 2.45) is 5.14 Å². The number of hydrogen-bond acceptors (Lipinski definition) is 7. The Hall–Kier alpha value is -3.17. The first-order valence-electron chi connectivity index (χ1n) is 7.65. The van der Waals surface area contributed by atoms with Gasteiger partial charge in [0.25, 0.3) is 0 Å². The maximum absolute atomic E-state index is 11.5. The van der Waals surface area contributed by atoms with Crippen LogP contribution in [0.4, 0.5) is 28.8 Å². The summed E-state index contributed by atoms with van der Waals surface area (Å²) in [7, 11) is -1.92. The minimum atomic E-state index is -3.78. The molecule has 0 bridgehead atoms. The molecule has 0 atom stereocenters. The van der Waals surface area contributed by atoms with E-state index in [1.807, 2.05) is 36.2 Å². The Morgan fingerprint density at radius 3 is 2.58 bits per heavy atom. The SMILES string of the molecule is CN(c1cccc(N)c1)c1ccnc(Nc2cccc(S(N)(=O)=O)c2)n1. The van der Waals surface area contributed by atoms with Gasteiger partial charge in [0.15, 0.2) is 0 Å². The number of nitrogens with two attached hydrogens (primary N) is 2. The van der Waals surface area contributed by atoms with Crippen LogP contribution < -0.4 is 21.1 Å². The Balaban J connectivity index is 1.86. The summed E-state index contributed by atoms with van der Waals surface area (Å²) in [4.78, 5) is 10.5. The zero-order valence-electron chi connectivity index (χ0n) is 14.0. The molecule has 0 unspecified atom stereocenters. The van der Waals surface area contributed by atoms with Crippen molar-refractivity contribution in [2.45, 2.75) is 4.90 Å². The Morgan fingerprint density at radius 2 is 1.85 bits per heavy atom. The van der Waals surface area contributed by atoms with Crippen molar-refractivity contribution >= 4 is 38.9 Å². The highest BCUT2D eigenvalue weighted by molar-refractivity contribution is 7.89. The molecule has 26 heavy (non-hydrogen) atoms. The lowest BCUT2D eigenvalue weighted by Crippen LogP contribution is -2.13. The summed E-state index contributed by atoms with van der Waals surface area (Å²) in [5.74, 6) is 0.973. The summed E-state index contributed by atoms with van der Waals surface area (Å²) in [6, 6.07) is 15.3. The molecule has 0 saturated heterocycles. The minimum absolute atomic E-state index is 0.00975.